The molecule has 0 atom stereocenters. The third kappa shape index (κ3) is 4.40. The molecule has 0 saturated carbocycles. The molecule has 1 aromatic carbocycles. The first-order valence-corrected chi connectivity index (χ1v) is 6.96. The van der Waals surface area contributed by atoms with Gasteiger partial charge in [-0.25, -0.2) is 0 Å². The number of rotatable bonds is 2. The highest BCUT2D eigenvalue weighted by molar-refractivity contribution is 5.44. The molecule has 0 aliphatic heterocycles. The largest absolute Gasteiger partial charge is 0.416 e. The Kier molecular flexibility index (Phi) is 4.95. The van der Waals surface area contributed by atoms with E-state index in [0.717, 1.165) is 0 Å². The van der Waals surface area contributed by atoms with Gasteiger partial charge in [-0.3, -0.25) is 0 Å². The molecule has 0 spiro atoms. The summed E-state index contributed by atoms with van der Waals surface area (Å²) < 4.78 is 79.4. The Morgan fingerprint density at radius 1 is 0.773 bits per heavy atom. The van der Waals surface area contributed by atoms with Crippen molar-refractivity contribution < 1.29 is 26.3 Å². The average molecular weight is 326 g/mol. The lowest BCUT2D eigenvalue weighted by Crippen LogP contribution is -2.23. The molecule has 0 nitrogen and oxygen atoms in total. The molecule has 0 N–H and O–H groups in total. The summed E-state index contributed by atoms with van der Waals surface area (Å²) >= 11 is 0. The van der Waals surface area contributed by atoms with Crippen LogP contribution >= 0.6 is 0 Å². The second kappa shape index (κ2) is 5.78. The SMILES string of the molecule is CC(C)Cc1cc(C(F)(F)F)c(C(C)(C)C)cc1C(F)(F)F. The normalized spacial score (nSPS) is 13.8. The molecule has 0 saturated heterocycles. The minimum Gasteiger partial charge on any atom is -0.166 e. The molecule has 0 aliphatic rings. The smallest absolute Gasteiger partial charge is 0.166 e. The van der Waals surface area contributed by atoms with E-state index in [-0.39, 0.29) is 23.5 Å². The van der Waals surface area contributed by atoms with Crippen LogP contribution in [0.3, 0.4) is 0 Å². The standard InChI is InChI=1S/C16H20F6/c1-9(2)6-10-7-13(16(20,21)22)12(14(3,4)5)8-11(10)15(17,18)19/h7-9H,6H2,1-5H3. The third-order valence-corrected chi connectivity index (χ3v) is 3.29. The van der Waals surface area contributed by atoms with E-state index in [0.29, 0.717) is 12.1 Å². The number of hydrogen-bond donors (Lipinski definition) is 0. The van der Waals surface area contributed by atoms with E-state index in [1.807, 2.05) is 0 Å². The maximum Gasteiger partial charge on any atom is 0.416 e. The van der Waals surface area contributed by atoms with Gasteiger partial charge in [-0.05, 0) is 41.0 Å². The fraction of sp³-hybridized carbons (Fsp3) is 0.625. The lowest BCUT2D eigenvalue weighted by Gasteiger charge is -2.27. The van der Waals surface area contributed by atoms with Crippen LogP contribution < -0.4 is 0 Å². The Balaban J connectivity index is 3.72. The fourth-order valence-corrected chi connectivity index (χ4v) is 2.37. The molecular weight excluding hydrogens is 306 g/mol. The van der Waals surface area contributed by atoms with Crippen LogP contribution in [0.5, 0.6) is 0 Å². The number of alkyl halides is 6. The molecule has 0 fully saturated rings. The molecule has 6 heteroatoms. The van der Waals surface area contributed by atoms with Crippen LogP contribution in [0.25, 0.3) is 0 Å². The highest BCUT2D eigenvalue weighted by Gasteiger charge is 2.41. The molecule has 126 valence electrons. The van der Waals surface area contributed by atoms with Gasteiger partial charge in [-0.15, -0.1) is 0 Å². The van der Waals surface area contributed by atoms with E-state index in [9.17, 15) is 26.3 Å². The summed E-state index contributed by atoms with van der Waals surface area (Å²) in [5.41, 5.74) is -3.63. The lowest BCUT2D eigenvalue weighted by atomic mass is 9.80. The minimum atomic E-state index is -4.68. The zero-order chi connectivity index (χ0) is 17.5. The van der Waals surface area contributed by atoms with Crippen molar-refractivity contribution in [2.75, 3.05) is 0 Å². The fourth-order valence-electron chi connectivity index (χ4n) is 2.37. The van der Waals surface area contributed by atoms with Gasteiger partial charge in [-0.2, -0.15) is 26.3 Å². The topological polar surface area (TPSA) is 0 Å². The first-order valence-electron chi connectivity index (χ1n) is 6.96. The Hall–Kier alpha value is -1.20. The van der Waals surface area contributed by atoms with Crippen molar-refractivity contribution in [3.63, 3.8) is 0 Å². The van der Waals surface area contributed by atoms with E-state index in [1.165, 1.54) is 20.8 Å². The molecule has 0 amide bonds. The highest BCUT2D eigenvalue weighted by atomic mass is 19.4. The number of halogens is 6. The van der Waals surface area contributed by atoms with Crippen molar-refractivity contribution in [2.45, 2.75) is 58.8 Å². The summed E-state index contributed by atoms with van der Waals surface area (Å²) in [5.74, 6) is -0.178. The van der Waals surface area contributed by atoms with E-state index in [1.54, 1.807) is 13.8 Å². The average Bonchev–Trinajstić information content (AvgIpc) is 2.23. The number of hydrogen-bond acceptors (Lipinski definition) is 0. The van der Waals surface area contributed by atoms with E-state index >= 15 is 0 Å². The van der Waals surface area contributed by atoms with Crippen LogP contribution in [0.4, 0.5) is 26.3 Å². The van der Waals surface area contributed by atoms with Crippen LogP contribution in [0.2, 0.25) is 0 Å². The zero-order valence-corrected chi connectivity index (χ0v) is 13.2. The van der Waals surface area contributed by atoms with Gasteiger partial charge in [0.15, 0.2) is 0 Å². The van der Waals surface area contributed by atoms with Gasteiger partial charge in [0.25, 0.3) is 0 Å². The van der Waals surface area contributed by atoms with Crippen LogP contribution in [-0.4, -0.2) is 0 Å². The Morgan fingerprint density at radius 3 is 1.55 bits per heavy atom. The maximum absolute atomic E-state index is 13.2. The number of benzene rings is 1. The van der Waals surface area contributed by atoms with Crippen molar-refractivity contribution in [3.05, 3.63) is 34.4 Å². The Labute approximate surface area is 126 Å². The molecule has 0 aromatic heterocycles. The second-order valence-electron chi connectivity index (χ2n) is 6.90. The van der Waals surface area contributed by atoms with Crippen LogP contribution in [-0.2, 0) is 24.2 Å². The molecule has 0 aliphatic carbocycles. The molecule has 1 aromatic rings. The summed E-state index contributed by atoms with van der Waals surface area (Å²) in [6.07, 6.45) is -9.41. The maximum atomic E-state index is 13.2. The Bertz CT molecular complexity index is 529. The van der Waals surface area contributed by atoms with Crippen molar-refractivity contribution in [1.29, 1.82) is 0 Å². The molecular formula is C16H20F6. The third-order valence-electron chi connectivity index (χ3n) is 3.29. The quantitative estimate of drug-likeness (QED) is 0.566. The second-order valence-corrected chi connectivity index (χ2v) is 6.90. The first-order chi connectivity index (χ1) is 9.64. The van der Waals surface area contributed by atoms with Gasteiger partial charge in [-0.1, -0.05) is 34.6 Å². The van der Waals surface area contributed by atoms with Crippen LogP contribution in [0, 0.1) is 5.92 Å². The van der Waals surface area contributed by atoms with Crippen LogP contribution in [0.1, 0.15) is 56.9 Å². The summed E-state index contributed by atoms with van der Waals surface area (Å²) in [6.45, 7) is 7.76. The predicted molar refractivity (Wildman–Crippen MR) is 73.7 cm³/mol. The van der Waals surface area contributed by atoms with Crippen molar-refractivity contribution >= 4 is 0 Å². The van der Waals surface area contributed by atoms with Gasteiger partial charge in [0.05, 0.1) is 11.1 Å². The van der Waals surface area contributed by atoms with E-state index < -0.39 is 28.9 Å². The Morgan fingerprint density at radius 2 is 1.23 bits per heavy atom. The van der Waals surface area contributed by atoms with E-state index in [4.69, 9.17) is 0 Å². The van der Waals surface area contributed by atoms with Crippen LogP contribution in [0.15, 0.2) is 12.1 Å². The van der Waals surface area contributed by atoms with Gasteiger partial charge in [0.2, 0.25) is 0 Å². The summed E-state index contributed by atoms with van der Waals surface area (Å²) in [7, 11) is 0. The minimum absolute atomic E-state index is 0.0532. The van der Waals surface area contributed by atoms with Gasteiger partial charge in [0.1, 0.15) is 0 Å². The van der Waals surface area contributed by atoms with Crippen molar-refractivity contribution in [3.8, 4) is 0 Å². The lowest BCUT2D eigenvalue weighted by molar-refractivity contribution is -0.142. The molecule has 0 heterocycles. The molecule has 1 rings (SSSR count). The van der Waals surface area contributed by atoms with Gasteiger partial charge in [0, 0.05) is 0 Å². The first kappa shape index (κ1) is 18.8. The predicted octanol–water partition coefficient (Wildman–Crippen LogP) is 6.22. The van der Waals surface area contributed by atoms with Gasteiger partial charge >= 0.3 is 12.4 Å². The molecule has 0 unspecified atom stereocenters. The van der Waals surface area contributed by atoms with Crippen molar-refractivity contribution in [2.24, 2.45) is 5.92 Å². The van der Waals surface area contributed by atoms with Gasteiger partial charge < -0.3 is 0 Å². The summed E-state index contributed by atoms with van der Waals surface area (Å²) in [4.78, 5) is 0. The van der Waals surface area contributed by atoms with Crippen molar-refractivity contribution in [1.82, 2.24) is 0 Å². The zero-order valence-electron chi connectivity index (χ0n) is 13.2. The molecule has 0 bridgehead atoms. The highest BCUT2D eigenvalue weighted by Crippen LogP contribution is 2.43. The summed E-state index contributed by atoms with van der Waals surface area (Å²) in [5, 5.41) is 0. The van der Waals surface area contributed by atoms with E-state index in [2.05, 4.69) is 0 Å². The monoisotopic (exact) mass is 326 g/mol. The molecule has 0 radical (unpaired) electrons. The summed E-state index contributed by atoms with van der Waals surface area (Å²) in [6, 6.07) is 1.34. The molecule has 22 heavy (non-hydrogen) atoms.